The summed E-state index contributed by atoms with van der Waals surface area (Å²) in [5.41, 5.74) is 2.88. The molecular formula is C15H15F2NO2S. The Kier molecular flexibility index (Phi) is 4.39. The first-order valence-electron chi connectivity index (χ1n) is 6.31. The molecule has 0 aliphatic carbocycles. The van der Waals surface area contributed by atoms with E-state index in [0.29, 0.717) is 6.07 Å². The number of benzene rings is 2. The molecule has 0 fully saturated rings. The fourth-order valence-corrected chi connectivity index (χ4v) is 2.92. The molecule has 0 amide bonds. The minimum absolute atomic E-state index is 0.0921. The van der Waals surface area contributed by atoms with Crippen LogP contribution in [0.1, 0.15) is 16.7 Å². The molecule has 0 aliphatic rings. The van der Waals surface area contributed by atoms with Gasteiger partial charge in [-0.1, -0.05) is 18.2 Å². The Balaban J connectivity index is 2.22. The van der Waals surface area contributed by atoms with Gasteiger partial charge in [0, 0.05) is 6.54 Å². The van der Waals surface area contributed by atoms with Crippen LogP contribution in [0, 0.1) is 25.5 Å². The third-order valence-corrected chi connectivity index (χ3v) is 4.77. The standard InChI is InChI=1S/C15H15F2NO2S/c1-10-4-3-5-12(11(10)2)9-18-21(19,20)13-6-7-14(16)15(17)8-13/h3-8,18H,9H2,1-2H3. The van der Waals surface area contributed by atoms with Crippen LogP contribution in [-0.4, -0.2) is 8.42 Å². The minimum Gasteiger partial charge on any atom is -0.207 e. The van der Waals surface area contributed by atoms with Gasteiger partial charge in [-0.05, 0) is 48.7 Å². The second-order valence-corrected chi connectivity index (χ2v) is 6.53. The Morgan fingerprint density at radius 3 is 2.43 bits per heavy atom. The van der Waals surface area contributed by atoms with Crippen LogP contribution in [0.15, 0.2) is 41.3 Å². The highest BCUT2D eigenvalue weighted by molar-refractivity contribution is 7.89. The summed E-state index contributed by atoms with van der Waals surface area (Å²) in [5, 5.41) is 0. The predicted octanol–water partition coefficient (Wildman–Crippen LogP) is 3.06. The van der Waals surface area contributed by atoms with Gasteiger partial charge >= 0.3 is 0 Å². The molecule has 2 aromatic carbocycles. The van der Waals surface area contributed by atoms with Crippen molar-refractivity contribution in [1.29, 1.82) is 0 Å². The second kappa shape index (κ2) is 5.91. The van der Waals surface area contributed by atoms with Crippen molar-refractivity contribution in [3.05, 3.63) is 64.7 Å². The summed E-state index contributed by atoms with van der Waals surface area (Å²) in [6.45, 7) is 3.92. The molecule has 3 nitrogen and oxygen atoms in total. The molecule has 0 radical (unpaired) electrons. The average molecular weight is 311 g/mol. The average Bonchev–Trinajstić information content (AvgIpc) is 2.43. The molecule has 0 atom stereocenters. The summed E-state index contributed by atoms with van der Waals surface area (Å²) < 4.78 is 52.5. The number of aryl methyl sites for hydroxylation is 1. The molecule has 0 spiro atoms. The maximum absolute atomic E-state index is 13.1. The Labute approximate surface area is 122 Å². The SMILES string of the molecule is Cc1cccc(CNS(=O)(=O)c2ccc(F)c(F)c2)c1C. The van der Waals surface area contributed by atoms with E-state index in [1.807, 2.05) is 32.0 Å². The van der Waals surface area contributed by atoms with Gasteiger partial charge in [-0.25, -0.2) is 21.9 Å². The molecule has 0 saturated heterocycles. The maximum atomic E-state index is 13.1. The third kappa shape index (κ3) is 3.46. The van der Waals surface area contributed by atoms with E-state index in [2.05, 4.69) is 4.72 Å². The smallest absolute Gasteiger partial charge is 0.207 e. The molecule has 112 valence electrons. The first-order chi connectivity index (χ1) is 9.81. The number of hydrogen-bond donors (Lipinski definition) is 1. The van der Waals surface area contributed by atoms with E-state index in [0.717, 1.165) is 28.8 Å². The van der Waals surface area contributed by atoms with Crippen LogP contribution in [0.5, 0.6) is 0 Å². The molecular weight excluding hydrogens is 296 g/mol. The molecule has 2 aromatic rings. The van der Waals surface area contributed by atoms with Gasteiger partial charge < -0.3 is 0 Å². The van der Waals surface area contributed by atoms with Crippen molar-refractivity contribution in [2.75, 3.05) is 0 Å². The normalized spacial score (nSPS) is 11.6. The Morgan fingerprint density at radius 2 is 1.76 bits per heavy atom. The van der Waals surface area contributed by atoms with E-state index in [1.165, 1.54) is 0 Å². The zero-order valence-electron chi connectivity index (χ0n) is 11.7. The van der Waals surface area contributed by atoms with Crippen molar-refractivity contribution in [3.63, 3.8) is 0 Å². The fourth-order valence-electron chi connectivity index (χ4n) is 1.90. The molecule has 0 aliphatic heterocycles. The highest BCUT2D eigenvalue weighted by Gasteiger charge is 2.16. The van der Waals surface area contributed by atoms with E-state index >= 15 is 0 Å². The van der Waals surface area contributed by atoms with Crippen molar-refractivity contribution in [2.24, 2.45) is 0 Å². The number of rotatable bonds is 4. The minimum atomic E-state index is -3.88. The summed E-state index contributed by atoms with van der Waals surface area (Å²) in [6, 6.07) is 8.08. The van der Waals surface area contributed by atoms with E-state index in [4.69, 9.17) is 0 Å². The first kappa shape index (κ1) is 15.6. The molecule has 0 aromatic heterocycles. The van der Waals surface area contributed by atoms with E-state index < -0.39 is 21.7 Å². The quantitative estimate of drug-likeness (QED) is 0.943. The lowest BCUT2D eigenvalue weighted by Crippen LogP contribution is -2.24. The molecule has 0 bridgehead atoms. The summed E-state index contributed by atoms with van der Waals surface area (Å²) in [6.07, 6.45) is 0. The molecule has 21 heavy (non-hydrogen) atoms. The second-order valence-electron chi connectivity index (χ2n) is 4.76. The topological polar surface area (TPSA) is 46.2 Å². The summed E-state index contributed by atoms with van der Waals surface area (Å²) in [7, 11) is -3.88. The molecule has 0 heterocycles. The van der Waals surface area contributed by atoms with Crippen molar-refractivity contribution in [3.8, 4) is 0 Å². The van der Waals surface area contributed by atoms with E-state index in [-0.39, 0.29) is 11.4 Å². The van der Waals surface area contributed by atoms with E-state index in [9.17, 15) is 17.2 Å². The molecule has 2 rings (SSSR count). The van der Waals surface area contributed by atoms with Gasteiger partial charge in [-0.2, -0.15) is 0 Å². The lowest BCUT2D eigenvalue weighted by molar-refractivity contribution is 0.504. The molecule has 6 heteroatoms. The number of sulfonamides is 1. The van der Waals surface area contributed by atoms with Crippen LogP contribution in [0.3, 0.4) is 0 Å². The predicted molar refractivity (Wildman–Crippen MR) is 76.3 cm³/mol. The largest absolute Gasteiger partial charge is 0.240 e. The van der Waals surface area contributed by atoms with Crippen LogP contribution >= 0.6 is 0 Å². The summed E-state index contributed by atoms with van der Waals surface area (Å²) >= 11 is 0. The zero-order chi connectivity index (χ0) is 15.6. The highest BCUT2D eigenvalue weighted by Crippen LogP contribution is 2.16. The Hall–Kier alpha value is -1.79. The number of hydrogen-bond acceptors (Lipinski definition) is 2. The van der Waals surface area contributed by atoms with Crippen LogP contribution in [0.4, 0.5) is 8.78 Å². The molecule has 1 N–H and O–H groups in total. The Morgan fingerprint density at radius 1 is 1.05 bits per heavy atom. The maximum Gasteiger partial charge on any atom is 0.240 e. The monoisotopic (exact) mass is 311 g/mol. The Bertz CT molecular complexity index is 773. The summed E-state index contributed by atoms with van der Waals surface area (Å²) in [5.74, 6) is -2.27. The van der Waals surface area contributed by atoms with Crippen LogP contribution < -0.4 is 4.72 Å². The molecule has 0 unspecified atom stereocenters. The van der Waals surface area contributed by atoms with Crippen LogP contribution in [-0.2, 0) is 16.6 Å². The van der Waals surface area contributed by atoms with Gasteiger partial charge in [0.2, 0.25) is 10.0 Å². The first-order valence-corrected chi connectivity index (χ1v) is 7.79. The number of halogens is 2. The van der Waals surface area contributed by atoms with Gasteiger partial charge in [-0.3, -0.25) is 0 Å². The zero-order valence-corrected chi connectivity index (χ0v) is 12.5. The van der Waals surface area contributed by atoms with Gasteiger partial charge in [0.25, 0.3) is 0 Å². The van der Waals surface area contributed by atoms with Crippen LogP contribution in [0.25, 0.3) is 0 Å². The van der Waals surface area contributed by atoms with Crippen molar-refractivity contribution in [2.45, 2.75) is 25.3 Å². The van der Waals surface area contributed by atoms with Gasteiger partial charge in [-0.15, -0.1) is 0 Å². The summed E-state index contributed by atoms with van der Waals surface area (Å²) in [4.78, 5) is -0.299. The number of nitrogens with one attached hydrogen (secondary N) is 1. The van der Waals surface area contributed by atoms with Gasteiger partial charge in [0.1, 0.15) is 0 Å². The van der Waals surface area contributed by atoms with Gasteiger partial charge in [0.15, 0.2) is 11.6 Å². The van der Waals surface area contributed by atoms with Gasteiger partial charge in [0.05, 0.1) is 4.90 Å². The highest BCUT2D eigenvalue weighted by atomic mass is 32.2. The fraction of sp³-hybridized carbons (Fsp3) is 0.200. The van der Waals surface area contributed by atoms with Crippen molar-refractivity contribution >= 4 is 10.0 Å². The molecule has 0 saturated carbocycles. The van der Waals surface area contributed by atoms with Crippen molar-refractivity contribution < 1.29 is 17.2 Å². The lowest BCUT2D eigenvalue weighted by atomic mass is 10.0. The lowest BCUT2D eigenvalue weighted by Gasteiger charge is -2.10. The van der Waals surface area contributed by atoms with Crippen molar-refractivity contribution in [1.82, 2.24) is 4.72 Å². The third-order valence-electron chi connectivity index (χ3n) is 3.37. The van der Waals surface area contributed by atoms with E-state index in [1.54, 1.807) is 0 Å². The van der Waals surface area contributed by atoms with Crippen LogP contribution in [0.2, 0.25) is 0 Å².